The molecule has 0 amide bonds. The summed E-state index contributed by atoms with van der Waals surface area (Å²) in [6, 6.07) is 14.9. The van der Waals surface area contributed by atoms with E-state index in [4.69, 9.17) is 0 Å². The Morgan fingerprint density at radius 2 is 1.89 bits per heavy atom. The fourth-order valence-corrected chi connectivity index (χ4v) is 3.44. The maximum absolute atomic E-state index is 4.33. The highest BCUT2D eigenvalue weighted by atomic mass is 15.2. The summed E-state index contributed by atoms with van der Waals surface area (Å²) in [4.78, 5) is 11.2. The maximum atomic E-state index is 4.33. The van der Waals surface area contributed by atoms with Gasteiger partial charge in [-0.2, -0.15) is 0 Å². The predicted molar refractivity (Wildman–Crippen MR) is 112 cm³/mol. The molecule has 0 spiro atoms. The maximum Gasteiger partial charge on any atom is 0.191 e. The Labute approximate surface area is 162 Å². The zero-order chi connectivity index (χ0) is 18.9. The number of likely N-dealkylation sites (tertiary alicyclic amines) is 1. The van der Waals surface area contributed by atoms with Crippen LogP contribution < -0.4 is 10.6 Å². The fourth-order valence-electron chi connectivity index (χ4n) is 3.44. The normalized spacial score (nSPS) is 16.3. The first-order valence-electron chi connectivity index (χ1n) is 9.85. The number of nitrogens with one attached hydrogen (secondary N) is 2. The quantitative estimate of drug-likeness (QED) is 0.610. The van der Waals surface area contributed by atoms with Crippen molar-refractivity contribution in [2.45, 2.75) is 32.9 Å². The average molecular weight is 366 g/mol. The lowest BCUT2D eigenvalue weighted by Crippen LogP contribution is -2.42. The van der Waals surface area contributed by atoms with E-state index >= 15 is 0 Å². The molecule has 0 saturated carbocycles. The van der Waals surface area contributed by atoms with Gasteiger partial charge in [0, 0.05) is 26.3 Å². The smallest absolute Gasteiger partial charge is 0.191 e. The SMILES string of the molecule is CN=C(NCc1ccccn1)NCC1CCN(Cc2ccc(C)cc2)CC1. The van der Waals surface area contributed by atoms with Crippen molar-refractivity contribution in [1.82, 2.24) is 20.5 Å². The second-order valence-electron chi connectivity index (χ2n) is 7.33. The number of rotatable bonds is 6. The summed E-state index contributed by atoms with van der Waals surface area (Å²) in [5, 5.41) is 6.81. The summed E-state index contributed by atoms with van der Waals surface area (Å²) in [6.45, 7) is 7.20. The third-order valence-corrected chi connectivity index (χ3v) is 5.18. The van der Waals surface area contributed by atoms with Crippen LogP contribution in [0.1, 0.15) is 29.7 Å². The van der Waals surface area contributed by atoms with Crippen molar-refractivity contribution in [3.05, 3.63) is 65.5 Å². The van der Waals surface area contributed by atoms with Gasteiger partial charge < -0.3 is 10.6 Å². The van der Waals surface area contributed by atoms with E-state index in [1.54, 1.807) is 0 Å². The Bertz CT molecular complexity index is 703. The van der Waals surface area contributed by atoms with Gasteiger partial charge in [0.25, 0.3) is 0 Å². The molecule has 1 fully saturated rings. The van der Waals surface area contributed by atoms with Crippen molar-refractivity contribution < 1.29 is 0 Å². The first-order chi connectivity index (χ1) is 13.2. The molecule has 5 heteroatoms. The standard InChI is InChI=1S/C22H31N5/c1-18-6-8-20(9-7-18)17-27-13-10-19(11-14-27)15-25-22(23-2)26-16-21-5-3-4-12-24-21/h3-9,12,19H,10-11,13-17H2,1-2H3,(H2,23,25,26). The Hall–Kier alpha value is -2.40. The lowest BCUT2D eigenvalue weighted by atomic mass is 9.96. The number of guanidine groups is 1. The van der Waals surface area contributed by atoms with Crippen LogP contribution in [0.4, 0.5) is 0 Å². The van der Waals surface area contributed by atoms with Gasteiger partial charge in [0.05, 0.1) is 12.2 Å². The average Bonchev–Trinajstić information content (AvgIpc) is 2.72. The van der Waals surface area contributed by atoms with Crippen molar-refractivity contribution in [3.8, 4) is 0 Å². The molecule has 1 aromatic heterocycles. The minimum atomic E-state index is 0.690. The first kappa shape index (κ1) is 19.4. The largest absolute Gasteiger partial charge is 0.356 e. The summed E-state index contributed by atoms with van der Waals surface area (Å²) in [5.74, 6) is 1.55. The van der Waals surface area contributed by atoms with Gasteiger partial charge in [-0.05, 0) is 56.5 Å². The van der Waals surface area contributed by atoms with E-state index < -0.39 is 0 Å². The zero-order valence-electron chi connectivity index (χ0n) is 16.5. The highest BCUT2D eigenvalue weighted by Crippen LogP contribution is 2.18. The molecule has 0 radical (unpaired) electrons. The molecular weight excluding hydrogens is 334 g/mol. The van der Waals surface area contributed by atoms with E-state index in [-0.39, 0.29) is 0 Å². The summed E-state index contributed by atoms with van der Waals surface area (Å²) in [7, 11) is 1.82. The number of benzene rings is 1. The number of aryl methyl sites for hydroxylation is 1. The molecule has 2 N–H and O–H groups in total. The molecule has 1 aliphatic heterocycles. The van der Waals surface area contributed by atoms with Crippen LogP contribution in [0.2, 0.25) is 0 Å². The highest BCUT2D eigenvalue weighted by molar-refractivity contribution is 5.79. The predicted octanol–water partition coefficient (Wildman–Crippen LogP) is 2.97. The van der Waals surface area contributed by atoms with Crippen molar-refractivity contribution in [2.24, 2.45) is 10.9 Å². The number of aromatic nitrogens is 1. The van der Waals surface area contributed by atoms with Crippen LogP contribution in [0.25, 0.3) is 0 Å². The Kier molecular flexibility index (Phi) is 7.22. The number of pyridine rings is 1. The van der Waals surface area contributed by atoms with Gasteiger partial charge in [-0.1, -0.05) is 35.9 Å². The van der Waals surface area contributed by atoms with Gasteiger partial charge in [0.2, 0.25) is 0 Å². The number of nitrogens with zero attached hydrogens (tertiary/aromatic N) is 3. The minimum absolute atomic E-state index is 0.690. The van der Waals surface area contributed by atoms with Crippen LogP contribution in [-0.4, -0.2) is 42.5 Å². The van der Waals surface area contributed by atoms with Crippen LogP contribution >= 0.6 is 0 Å². The lowest BCUT2D eigenvalue weighted by molar-refractivity contribution is 0.178. The van der Waals surface area contributed by atoms with Gasteiger partial charge in [-0.25, -0.2) is 0 Å². The second-order valence-corrected chi connectivity index (χ2v) is 7.33. The summed E-state index contributed by atoms with van der Waals surface area (Å²) >= 11 is 0. The topological polar surface area (TPSA) is 52.6 Å². The molecular formula is C22H31N5. The lowest BCUT2D eigenvalue weighted by Gasteiger charge is -2.32. The number of piperidine rings is 1. The van der Waals surface area contributed by atoms with E-state index in [0.717, 1.165) is 24.7 Å². The Morgan fingerprint density at radius 1 is 1.11 bits per heavy atom. The van der Waals surface area contributed by atoms with Gasteiger partial charge in [0.1, 0.15) is 0 Å². The molecule has 2 aromatic rings. The fraction of sp³-hybridized carbons (Fsp3) is 0.455. The third kappa shape index (κ3) is 6.36. The molecule has 1 saturated heterocycles. The van der Waals surface area contributed by atoms with Gasteiger partial charge in [-0.15, -0.1) is 0 Å². The Morgan fingerprint density at radius 3 is 2.56 bits per heavy atom. The van der Waals surface area contributed by atoms with Gasteiger partial charge in [-0.3, -0.25) is 14.9 Å². The molecule has 0 aliphatic carbocycles. The van der Waals surface area contributed by atoms with Crippen LogP contribution in [0, 0.1) is 12.8 Å². The number of hydrogen-bond donors (Lipinski definition) is 2. The molecule has 1 aromatic carbocycles. The molecule has 1 aliphatic rings. The van der Waals surface area contributed by atoms with Crippen molar-refractivity contribution in [1.29, 1.82) is 0 Å². The number of hydrogen-bond acceptors (Lipinski definition) is 3. The van der Waals surface area contributed by atoms with Crippen LogP contribution in [-0.2, 0) is 13.1 Å². The first-order valence-corrected chi connectivity index (χ1v) is 9.85. The molecule has 2 heterocycles. The van der Waals surface area contributed by atoms with Gasteiger partial charge >= 0.3 is 0 Å². The summed E-state index contributed by atoms with van der Waals surface area (Å²) in [5.41, 5.74) is 3.76. The summed E-state index contributed by atoms with van der Waals surface area (Å²) < 4.78 is 0. The molecule has 5 nitrogen and oxygen atoms in total. The summed E-state index contributed by atoms with van der Waals surface area (Å²) in [6.07, 6.45) is 4.28. The molecule has 0 unspecified atom stereocenters. The van der Waals surface area contributed by atoms with Crippen LogP contribution in [0.3, 0.4) is 0 Å². The highest BCUT2D eigenvalue weighted by Gasteiger charge is 2.19. The van der Waals surface area contributed by atoms with Crippen LogP contribution in [0.5, 0.6) is 0 Å². The second kappa shape index (κ2) is 10.1. The van der Waals surface area contributed by atoms with Crippen LogP contribution in [0.15, 0.2) is 53.7 Å². The molecule has 27 heavy (non-hydrogen) atoms. The third-order valence-electron chi connectivity index (χ3n) is 5.18. The minimum Gasteiger partial charge on any atom is -0.356 e. The van der Waals surface area contributed by atoms with E-state index in [9.17, 15) is 0 Å². The monoisotopic (exact) mass is 365 g/mol. The molecule has 0 atom stereocenters. The number of aliphatic imine (C=N–C) groups is 1. The molecule has 3 rings (SSSR count). The van der Waals surface area contributed by atoms with E-state index in [2.05, 4.69) is 56.7 Å². The zero-order valence-corrected chi connectivity index (χ0v) is 16.5. The van der Waals surface area contributed by atoms with Gasteiger partial charge in [0.15, 0.2) is 5.96 Å². The van der Waals surface area contributed by atoms with E-state index in [0.29, 0.717) is 12.5 Å². The van der Waals surface area contributed by atoms with Crippen molar-refractivity contribution >= 4 is 5.96 Å². The Balaban J connectivity index is 1.36. The van der Waals surface area contributed by atoms with Crippen molar-refractivity contribution in [3.63, 3.8) is 0 Å². The molecule has 144 valence electrons. The van der Waals surface area contributed by atoms with Crippen molar-refractivity contribution in [2.75, 3.05) is 26.7 Å². The van der Waals surface area contributed by atoms with E-state index in [1.807, 2.05) is 31.4 Å². The van der Waals surface area contributed by atoms with E-state index in [1.165, 1.54) is 37.1 Å². The molecule has 0 bridgehead atoms.